The van der Waals surface area contributed by atoms with E-state index in [0.29, 0.717) is 12.3 Å². The highest BCUT2D eigenvalue weighted by Gasteiger charge is 2.13. The van der Waals surface area contributed by atoms with Crippen molar-refractivity contribution in [2.45, 2.75) is 6.92 Å². The van der Waals surface area contributed by atoms with Crippen LogP contribution in [0.5, 0.6) is 0 Å². The molecule has 24 heavy (non-hydrogen) atoms. The number of carbonyl (C=O) groups excluding carboxylic acids is 4. The number of imide groups is 1. The topological polar surface area (TPSA) is 123 Å². The molecule has 0 aromatic heterocycles. The van der Waals surface area contributed by atoms with E-state index in [1.165, 1.54) is 26.2 Å². The van der Waals surface area contributed by atoms with Gasteiger partial charge < -0.3 is 20.1 Å². The zero-order chi connectivity index (χ0) is 17.9. The lowest BCUT2D eigenvalue weighted by Crippen LogP contribution is -2.42. The molecule has 0 aliphatic carbocycles. The summed E-state index contributed by atoms with van der Waals surface area (Å²) in [4.78, 5) is 45.6. The van der Waals surface area contributed by atoms with Crippen LogP contribution in [0.25, 0.3) is 0 Å². The molecule has 0 bridgehead atoms. The van der Waals surface area contributed by atoms with Gasteiger partial charge in [0.25, 0.3) is 5.91 Å². The molecular formula is C15H19N3O6. The van der Waals surface area contributed by atoms with E-state index < -0.39 is 24.5 Å². The number of urea groups is 1. The van der Waals surface area contributed by atoms with Crippen molar-refractivity contribution in [3.05, 3.63) is 29.8 Å². The summed E-state index contributed by atoms with van der Waals surface area (Å²) in [5.41, 5.74) is 0.595. The Morgan fingerprint density at radius 2 is 1.92 bits per heavy atom. The summed E-state index contributed by atoms with van der Waals surface area (Å²) in [5.74, 6) is -1.80. The van der Waals surface area contributed by atoms with Gasteiger partial charge in [0.1, 0.15) is 0 Å². The van der Waals surface area contributed by atoms with Crippen molar-refractivity contribution in [2.75, 3.05) is 32.2 Å². The fourth-order valence-electron chi connectivity index (χ4n) is 1.62. The summed E-state index contributed by atoms with van der Waals surface area (Å²) in [6.45, 7) is 1.28. The number of benzene rings is 1. The third-order valence-electron chi connectivity index (χ3n) is 2.60. The minimum absolute atomic E-state index is 0.165. The lowest BCUT2D eigenvalue weighted by molar-refractivity contribution is -0.123. The largest absolute Gasteiger partial charge is 0.452 e. The number of hydrogen-bond donors (Lipinski definition) is 3. The monoisotopic (exact) mass is 337 g/mol. The van der Waals surface area contributed by atoms with Crippen LogP contribution >= 0.6 is 0 Å². The van der Waals surface area contributed by atoms with E-state index in [2.05, 4.69) is 10.6 Å². The van der Waals surface area contributed by atoms with Gasteiger partial charge in [0, 0.05) is 26.3 Å². The van der Waals surface area contributed by atoms with Gasteiger partial charge in [-0.05, 0) is 18.2 Å². The SMILES string of the molecule is COCCNC(=O)NC(=O)COC(=O)c1cccc(NC(C)=O)c1. The zero-order valence-electron chi connectivity index (χ0n) is 13.4. The van der Waals surface area contributed by atoms with Gasteiger partial charge in [-0.3, -0.25) is 14.9 Å². The van der Waals surface area contributed by atoms with Gasteiger partial charge in [0.15, 0.2) is 6.61 Å². The average Bonchev–Trinajstić information content (AvgIpc) is 2.52. The fraction of sp³-hybridized carbons (Fsp3) is 0.333. The number of esters is 1. The summed E-state index contributed by atoms with van der Waals surface area (Å²) in [7, 11) is 1.48. The number of ether oxygens (including phenoxy) is 2. The average molecular weight is 337 g/mol. The number of rotatable bonds is 7. The summed E-state index contributed by atoms with van der Waals surface area (Å²) in [5, 5.41) is 6.91. The molecule has 0 radical (unpaired) electrons. The molecule has 0 heterocycles. The van der Waals surface area contributed by atoms with Crippen molar-refractivity contribution in [3.8, 4) is 0 Å². The van der Waals surface area contributed by atoms with E-state index in [9.17, 15) is 19.2 Å². The van der Waals surface area contributed by atoms with Gasteiger partial charge in [0.2, 0.25) is 5.91 Å². The predicted octanol–water partition coefficient (Wildman–Crippen LogP) is 0.274. The maximum Gasteiger partial charge on any atom is 0.338 e. The van der Waals surface area contributed by atoms with Gasteiger partial charge in [-0.2, -0.15) is 0 Å². The summed E-state index contributed by atoms with van der Waals surface area (Å²) < 4.78 is 9.54. The van der Waals surface area contributed by atoms with Crippen LogP contribution in [-0.4, -0.2) is 50.7 Å². The van der Waals surface area contributed by atoms with Crippen LogP contribution in [-0.2, 0) is 19.1 Å². The molecule has 0 saturated heterocycles. The fourth-order valence-corrected chi connectivity index (χ4v) is 1.62. The van der Waals surface area contributed by atoms with Crippen LogP contribution in [0, 0.1) is 0 Å². The Balaban J connectivity index is 2.44. The lowest BCUT2D eigenvalue weighted by Gasteiger charge is -2.08. The molecule has 0 atom stereocenters. The molecule has 9 nitrogen and oxygen atoms in total. The van der Waals surface area contributed by atoms with E-state index >= 15 is 0 Å². The first kappa shape index (κ1) is 19.1. The van der Waals surface area contributed by atoms with Crippen LogP contribution in [0.3, 0.4) is 0 Å². The third kappa shape index (κ3) is 7.36. The lowest BCUT2D eigenvalue weighted by atomic mass is 10.2. The van der Waals surface area contributed by atoms with Crippen LogP contribution < -0.4 is 16.0 Å². The number of hydrogen-bond acceptors (Lipinski definition) is 6. The molecule has 0 fully saturated rings. The first-order chi connectivity index (χ1) is 11.4. The Kier molecular flexibility index (Phi) is 7.92. The van der Waals surface area contributed by atoms with E-state index in [1.54, 1.807) is 12.1 Å². The highest BCUT2D eigenvalue weighted by atomic mass is 16.5. The maximum absolute atomic E-state index is 11.9. The van der Waals surface area contributed by atoms with Gasteiger partial charge in [-0.1, -0.05) is 6.07 Å². The van der Waals surface area contributed by atoms with Crippen LogP contribution in [0.2, 0.25) is 0 Å². The van der Waals surface area contributed by atoms with Gasteiger partial charge in [0.05, 0.1) is 12.2 Å². The Morgan fingerprint density at radius 1 is 1.17 bits per heavy atom. The molecule has 0 saturated carbocycles. The summed E-state index contributed by atoms with van der Waals surface area (Å²) in [6, 6.07) is 5.35. The predicted molar refractivity (Wildman–Crippen MR) is 84.4 cm³/mol. The van der Waals surface area contributed by atoms with Crippen molar-refractivity contribution < 1.29 is 28.7 Å². The molecule has 1 aromatic carbocycles. The van der Waals surface area contributed by atoms with E-state index in [1.807, 2.05) is 5.32 Å². The minimum Gasteiger partial charge on any atom is -0.452 e. The Morgan fingerprint density at radius 3 is 2.58 bits per heavy atom. The van der Waals surface area contributed by atoms with Gasteiger partial charge >= 0.3 is 12.0 Å². The molecular weight excluding hydrogens is 318 g/mol. The van der Waals surface area contributed by atoms with E-state index in [0.717, 1.165) is 0 Å². The van der Waals surface area contributed by atoms with Crippen molar-refractivity contribution in [1.29, 1.82) is 0 Å². The summed E-state index contributed by atoms with van der Waals surface area (Å²) >= 11 is 0. The molecule has 0 spiro atoms. The Labute approximate surface area is 138 Å². The normalized spacial score (nSPS) is 9.75. The van der Waals surface area contributed by atoms with E-state index in [4.69, 9.17) is 9.47 Å². The molecule has 130 valence electrons. The molecule has 4 amide bonds. The van der Waals surface area contributed by atoms with Crippen molar-refractivity contribution in [2.24, 2.45) is 0 Å². The number of anilines is 1. The number of carbonyl (C=O) groups is 4. The molecule has 0 aliphatic rings. The number of amides is 4. The van der Waals surface area contributed by atoms with Gasteiger partial charge in [-0.25, -0.2) is 9.59 Å². The molecule has 9 heteroatoms. The summed E-state index contributed by atoms with van der Waals surface area (Å²) in [6.07, 6.45) is 0. The molecule has 3 N–H and O–H groups in total. The van der Waals surface area contributed by atoms with Crippen LogP contribution in [0.4, 0.5) is 10.5 Å². The second-order valence-corrected chi connectivity index (χ2v) is 4.63. The maximum atomic E-state index is 11.9. The van der Waals surface area contributed by atoms with Crippen LogP contribution in [0.1, 0.15) is 17.3 Å². The highest BCUT2D eigenvalue weighted by Crippen LogP contribution is 2.11. The Hall–Kier alpha value is -2.94. The molecule has 0 unspecified atom stereocenters. The molecule has 1 aromatic rings. The van der Waals surface area contributed by atoms with E-state index in [-0.39, 0.29) is 18.0 Å². The van der Waals surface area contributed by atoms with Crippen molar-refractivity contribution >= 4 is 29.5 Å². The van der Waals surface area contributed by atoms with Gasteiger partial charge in [-0.15, -0.1) is 0 Å². The standard InChI is InChI=1S/C15H19N3O6/c1-10(19)17-12-5-3-4-11(8-12)14(21)24-9-13(20)18-15(22)16-6-7-23-2/h3-5,8H,6-7,9H2,1-2H3,(H,17,19)(H2,16,18,20,22). The zero-order valence-corrected chi connectivity index (χ0v) is 13.4. The smallest absolute Gasteiger partial charge is 0.338 e. The minimum atomic E-state index is -0.767. The third-order valence-corrected chi connectivity index (χ3v) is 2.60. The Bertz CT molecular complexity index is 617. The number of methoxy groups -OCH3 is 1. The number of nitrogens with one attached hydrogen (secondary N) is 3. The molecule has 0 aliphatic heterocycles. The second kappa shape index (κ2) is 9.95. The van der Waals surface area contributed by atoms with Crippen molar-refractivity contribution in [1.82, 2.24) is 10.6 Å². The first-order valence-corrected chi connectivity index (χ1v) is 7.03. The first-order valence-electron chi connectivity index (χ1n) is 7.03. The van der Waals surface area contributed by atoms with Crippen molar-refractivity contribution in [3.63, 3.8) is 0 Å². The quantitative estimate of drug-likeness (QED) is 0.485. The molecule has 1 rings (SSSR count). The highest BCUT2D eigenvalue weighted by molar-refractivity contribution is 5.97. The van der Waals surface area contributed by atoms with Crippen LogP contribution in [0.15, 0.2) is 24.3 Å². The second-order valence-electron chi connectivity index (χ2n) is 4.63.